The Kier molecular flexibility index (Phi) is 8.04. The minimum Gasteiger partial charge on any atom is -0.496 e. The topological polar surface area (TPSA) is 78.0 Å². The number of pyridine rings is 1. The van der Waals surface area contributed by atoms with Crippen molar-refractivity contribution >= 4 is 23.6 Å². The second-order valence-corrected chi connectivity index (χ2v) is 9.54. The van der Waals surface area contributed by atoms with Gasteiger partial charge < -0.3 is 14.2 Å². The van der Waals surface area contributed by atoms with E-state index in [0.29, 0.717) is 16.9 Å². The van der Waals surface area contributed by atoms with Gasteiger partial charge in [-0.25, -0.2) is 19.5 Å². The number of halogens is 3. The predicted octanol–water partition coefficient (Wildman–Crippen LogP) is 7.25. The summed E-state index contributed by atoms with van der Waals surface area (Å²) in [5.41, 5.74) is -0.749. The van der Waals surface area contributed by atoms with Gasteiger partial charge in [-0.05, 0) is 70.0 Å². The van der Waals surface area contributed by atoms with Crippen LogP contribution >= 0.6 is 0 Å². The fourth-order valence-corrected chi connectivity index (χ4v) is 3.95. The van der Waals surface area contributed by atoms with E-state index in [9.17, 15) is 22.8 Å². The second-order valence-electron chi connectivity index (χ2n) is 9.54. The third-order valence-electron chi connectivity index (χ3n) is 5.55. The maximum atomic E-state index is 14.1. The molecule has 0 aliphatic rings. The summed E-state index contributed by atoms with van der Waals surface area (Å²) in [5, 5.41) is 0. The molecule has 3 rings (SSSR count). The Balaban J connectivity index is 2.37. The Morgan fingerprint density at radius 3 is 2.21 bits per heavy atom. The molecule has 202 valence electrons. The summed E-state index contributed by atoms with van der Waals surface area (Å²) in [6, 6.07) is 9.22. The number of carbonyl (C=O) groups is 2. The third kappa shape index (κ3) is 6.07. The lowest BCUT2D eigenvalue weighted by molar-refractivity contribution is -0.137. The Labute approximate surface area is 219 Å². The molecule has 1 heterocycles. The predicted molar refractivity (Wildman–Crippen MR) is 137 cm³/mol. The second kappa shape index (κ2) is 10.7. The number of aromatic nitrogens is 1. The molecule has 10 heteroatoms. The summed E-state index contributed by atoms with van der Waals surface area (Å²) in [7, 11) is 2.63. The van der Waals surface area contributed by atoms with E-state index in [0.717, 1.165) is 17.0 Å². The average molecular weight is 531 g/mol. The first kappa shape index (κ1) is 28.5. The van der Waals surface area contributed by atoms with Crippen LogP contribution < -0.4 is 9.64 Å². The van der Waals surface area contributed by atoms with E-state index in [4.69, 9.17) is 14.2 Å². The maximum Gasteiger partial charge on any atom is 0.420 e. The van der Waals surface area contributed by atoms with Gasteiger partial charge in [0.15, 0.2) is 0 Å². The van der Waals surface area contributed by atoms with E-state index in [1.54, 1.807) is 46.8 Å². The van der Waals surface area contributed by atoms with Gasteiger partial charge in [0.25, 0.3) is 0 Å². The van der Waals surface area contributed by atoms with Crippen molar-refractivity contribution in [2.45, 2.75) is 46.4 Å². The first-order chi connectivity index (χ1) is 17.7. The molecule has 0 aliphatic heterocycles. The summed E-state index contributed by atoms with van der Waals surface area (Å²) in [4.78, 5) is 31.2. The number of benzene rings is 2. The Morgan fingerprint density at radius 2 is 1.63 bits per heavy atom. The zero-order valence-corrected chi connectivity index (χ0v) is 22.2. The molecular formula is C28H29F3N2O5. The number of esters is 1. The molecule has 0 N–H and O–H groups in total. The van der Waals surface area contributed by atoms with Gasteiger partial charge in [0.1, 0.15) is 17.2 Å². The Morgan fingerprint density at radius 1 is 0.974 bits per heavy atom. The van der Waals surface area contributed by atoms with Gasteiger partial charge in [0.2, 0.25) is 0 Å². The molecule has 38 heavy (non-hydrogen) atoms. The van der Waals surface area contributed by atoms with Gasteiger partial charge in [0, 0.05) is 17.3 Å². The van der Waals surface area contributed by atoms with Crippen molar-refractivity contribution in [3.8, 4) is 16.9 Å². The van der Waals surface area contributed by atoms with E-state index >= 15 is 0 Å². The summed E-state index contributed by atoms with van der Waals surface area (Å²) in [6.45, 7) is 8.33. The number of alkyl halides is 3. The summed E-state index contributed by atoms with van der Waals surface area (Å²) in [6.07, 6.45) is -4.25. The van der Waals surface area contributed by atoms with E-state index < -0.39 is 29.4 Å². The molecule has 7 nitrogen and oxygen atoms in total. The average Bonchev–Trinajstić information content (AvgIpc) is 2.83. The van der Waals surface area contributed by atoms with E-state index in [1.807, 2.05) is 0 Å². The van der Waals surface area contributed by atoms with Gasteiger partial charge in [0.05, 0.1) is 31.0 Å². The number of amides is 1. The lowest BCUT2D eigenvalue weighted by Gasteiger charge is -2.29. The van der Waals surface area contributed by atoms with Crippen molar-refractivity contribution in [3.63, 3.8) is 0 Å². The highest BCUT2D eigenvalue weighted by atomic mass is 19.4. The molecule has 0 spiro atoms. The molecule has 0 unspecified atom stereocenters. The van der Waals surface area contributed by atoms with Crippen molar-refractivity contribution in [2.24, 2.45) is 0 Å². The molecule has 2 aromatic carbocycles. The number of ether oxygens (including phenoxy) is 3. The van der Waals surface area contributed by atoms with Crippen LogP contribution in [0.3, 0.4) is 0 Å². The number of nitrogens with zero attached hydrogens (tertiary/aromatic N) is 2. The highest BCUT2D eigenvalue weighted by molar-refractivity contribution is 6.00. The van der Waals surface area contributed by atoms with E-state index in [2.05, 4.69) is 4.98 Å². The van der Waals surface area contributed by atoms with E-state index in [1.165, 1.54) is 38.6 Å². The van der Waals surface area contributed by atoms with Crippen molar-refractivity contribution in [1.29, 1.82) is 0 Å². The van der Waals surface area contributed by atoms with Crippen LogP contribution in [0.1, 0.15) is 47.8 Å². The number of aryl methyl sites for hydroxylation is 1. The van der Waals surface area contributed by atoms with Gasteiger partial charge in [-0.3, -0.25) is 0 Å². The van der Waals surface area contributed by atoms with Gasteiger partial charge in [-0.2, -0.15) is 13.2 Å². The zero-order valence-electron chi connectivity index (χ0n) is 22.2. The monoisotopic (exact) mass is 530 g/mol. The summed E-state index contributed by atoms with van der Waals surface area (Å²) >= 11 is 0. The Bertz CT molecular complexity index is 1360. The molecule has 0 radical (unpaired) electrons. The molecule has 0 fully saturated rings. The molecule has 0 aliphatic carbocycles. The van der Waals surface area contributed by atoms with Crippen molar-refractivity contribution in [1.82, 2.24) is 4.98 Å². The molecule has 1 amide bonds. The SMILES string of the molecule is COC(=O)c1ccccc1-c1cc(N(C(=O)OC(C)(C)C)c2ncc(C)c(OC)c2C)cc(C(F)(F)F)c1. The van der Waals surface area contributed by atoms with Crippen LogP contribution in [0.2, 0.25) is 0 Å². The van der Waals surface area contributed by atoms with Crippen LogP contribution in [0.25, 0.3) is 11.1 Å². The van der Waals surface area contributed by atoms with Crippen LogP contribution in [-0.4, -0.2) is 36.9 Å². The van der Waals surface area contributed by atoms with Crippen molar-refractivity contribution < 1.29 is 37.0 Å². The minimum absolute atomic E-state index is 0.0354. The first-order valence-corrected chi connectivity index (χ1v) is 11.6. The standard InChI is InChI=1S/C28H29F3N2O5/c1-16-15-32-24(17(2)23(16)36-6)33(26(35)38-27(3,4)5)20-13-18(12-19(14-20)28(29,30)31)21-10-8-9-11-22(21)25(34)37-7/h8-15H,1-7H3. The number of methoxy groups -OCH3 is 2. The summed E-state index contributed by atoms with van der Waals surface area (Å²) < 4.78 is 58.2. The van der Waals surface area contributed by atoms with Gasteiger partial charge in [-0.1, -0.05) is 18.2 Å². The largest absolute Gasteiger partial charge is 0.496 e. The molecule has 3 aromatic rings. The lowest BCUT2D eigenvalue weighted by atomic mass is 9.96. The van der Waals surface area contributed by atoms with Crippen LogP contribution in [-0.2, 0) is 15.7 Å². The highest BCUT2D eigenvalue weighted by Gasteiger charge is 2.35. The van der Waals surface area contributed by atoms with Crippen molar-refractivity contribution in [3.05, 3.63) is 70.9 Å². The zero-order chi connectivity index (χ0) is 28.4. The maximum absolute atomic E-state index is 14.1. The smallest absolute Gasteiger partial charge is 0.420 e. The van der Waals surface area contributed by atoms with Crippen LogP contribution in [0.5, 0.6) is 5.75 Å². The summed E-state index contributed by atoms with van der Waals surface area (Å²) in [5.74, 6) is -0.260. The normalized spacial score (nSPS) is 11.6. The fraction of sp³-hybridized carbons (Fsp3) is 0.321. The van der Waals surface area contributed by atoms with Crippen LogP contribution in [0.4, 0.5) is 29.5 Å². The molecule has 1 aromatic heterocycles. The molecule has 0 saturated heterocycles. The van der Waals surface area contributed by atoms with Gasteiger partial charge >= 0.3 is 18.2 Å². The number of hydrogen-bond acceptors (Lipinski definition) is 6. The van der Waals surface area contributed by atoms with Crippen molar-refractivity contribution in [2.75, 3.05) is 19.1 Å². The molecule has 0 atom stereocenters. The molecule has 0 saturated carbocycles. The highest BCUT2D eigenvalue weighted by Crippen LogP contribution is 2.41. The number of carbonyl (C=O) groups excluding carboxylic acids is 2. The van der Waals surface area contributed by atoms with Crippen LogP contribution in [0.15, 0.2) is 48.7 Å². The van der Waals surface area contributed by atoms with Crippen LogP contribution in [0, 0.1) is 13.8 Å². The molecule has 0 bridgehead atoms. The third-order valence-corrected chi connectivity index (χ3v) is 5.55. The number of hydrogen-bond donors (Lipinski definition) is 0. The Hall–Kier alpha value is -4.08. The fourth-order valence-electron chi connectivity index (χ4n) is 3.95. The number of anilines is 2. The lowest BCUT2D eigenvalue weighted by Crippen LogP contribution is -2.35. The molecular weight excluding hydrogens is 501 g/mol. The van der Waals surface area contributed by atoms with E-state index in [-0.39, 0.29) is 28.2 Å². The first-order valence-electron chi connectivity index (χ1n) is 11.6. The minimum atomic E-state index is -4.77. The van der Waals surface area contributed by atoms with Gasteiger partial charge in [-0.15, -0.1) is 0 Å². The quantitative estimate of drug-likeness (QED) is 0.323. The number of rotatable bonds is 5.